The lowest BCUT2D eigenvalue weighted by atomic mass is 10.0. The number of nitrogens with one attached hydrogen (secondary N) is 1. The summed E-state index contributed by atoms with van der Waals surface area (Å²) in [5.41, 5.74) is 3.97. The van der Waals surface area contributed by atoms with Crippen molar-refractivity contribution in [3.05, 3.63) is 34.7 Å². The van der Waals surface area contributed by atoms with Gasteiger partial charge in [-0.15, -0.1) is 22.7 Å². The van der Waals surface area contributed by atoms with Crippen LogP contribution in [0.2, 0.25) is 0 Å². The maximum absolute atomic E-state index is 4.88. The average Bonchev–Trinajstić information content (AvgIpc) is 3.14. The molecule has 3 aromatic rings. The summed E-state index contributed by atoms with van der Waals surface area (Å²) in [6, 6.07) is 8.41. The molecule has 114 valence electrons. The van der Waals surface area contributed by atoms with Crippen LogP contribution in [0.3, 0.4) is 0 Å². The highest BCUT2D eigenvalue weighted by Crippen LogP contribution is 2.45. The van der Waals surface area contributed by atoms with Crippen molar-refractivity contribution < 1.29 is 0 Å². The predicted octanol–water partition coefficient (Wildman–Crippen LogP) is 4.44. The molecule has 0 amide bonds. The van der Waals surface area contributed by atoms with Crippen molar-refractivity contribution in [2.45, 2.75) is 19.9 Å². The largest absolute Gasteiger partial charge is 0.379 e. The van der Waals surface area contributed by atoms with Gasteiger partial charge in [-0.2, -0.15) is 0 Å². The molecule has 22 heavy (non-hydrogen) atoms. The van der Waals surface area contributed by atoms with E-state index in [1.807, 2.05) is 18.4 Å². The van der Waals surface area contributed by atoms with Gasteiger partial charge in [0, 0.05) is 30.6 Å². The molecule has 1 N–H and O–H groups in total. The number of aromatic nitrogens is 1. The number of likely N-dealkylation sites (N-methyl/N-ethyl adjacent to an activating group) is 1. The van der Waals surface area contributed by atoms with Crippen molar-refractivity contribution in [1.29, 1.82) is 0 Å². The van der Waals surface area contributed by atoms with Crippen LogP contribution < -0.4 is 5.32 Å². The van der Waals surface area contributed by atoms with Gasteiger partial charge in [0.2, 0.25) is 0 Å². The molecule has 0 bridgehead atoms. The third-order valence-corrected chi connectivity index (χ3v) is 6.61. The molecule has 0 atom stereocenters. The molecule has 0 saturated carbocycles. The Kier molecular flexibility index (Phi) is 3.64. The Hall–Kier alpha value is -1.43. The van der Waals surface area contributed by atoms with Crippen LogP contribution in [0.15, 0.2) is 24.3 Å². The number of thiazole rings is 1. The minimum atomic E-state index is 1.08. The second-order valence-electron chi connectivity index (χ2n) is 5.56. The molecule has 0 fully saturated rings. The number of thiophene rings is 1. The lowest BCUT2D eigenvalue weighted by molar-refractivity contribution is 0.272. The van der Waals surface area contributed by atoms with Gasteiger partial charge in [-0.25, -0.2) is 4.98 Å². The normalized spacial score (nSPS) is 15.2. The number of benzene rings is 1. The first-order valence-electron chi connectivity index (χ1n) is 7.70. The molecule has 0 unspecified atom stereocenters. The third kappa shape index (κ3) is 2.24. The zero-order valence-corrected chi connectivity index (χ0v) is 14.5. The summed E-state index contributed by atoms with van der Waals surface area (Å²) in [6.07, 6.45) is 1.13. The Balaban J connectivity index is 1.85. The first-order valence-corrected chi connectivity index (χ1v) is 9.34. The molecule has 0 radical (unpaired) electrons. The quantitative estimate of drug-likeness (QED) is 0.770. The molecule has 4 rings (SSSR count). The van der Waals surface area contributed by atoms with E-state index in [2.05, 4.69) is 41.4 Å². The highest BCUT2D eigenvalue weighted by Gasteiger charge is 2.25. The zero-order chi connectivity index (χ0) is 15.1. The topological polar surface area (TPSA) is 28.2 Å². The van der Waals surface area contributed by atoms with Gasteiger partial charge in [0.15, 0.2) is 0 Å². The summed E-state index contributed by atoms with van der Waals surface area (Å²) in [7, 11) is 2.02. The summed E-state index contributed by atoms with van der Waals surface area (Å²) in [5.74, 6) is 0. The van der Waals surface area contributed by atoms with Crippen LogP contribution in [0.4, 0.5) is 5.00 Å². The molecule has 2 aromatic heterocycles. The number of fused-ring (bicyclic) bond motifs is 2. The summed E-state index contributed by atoms with van der Waals surface area (Å²) in [6.45, 7) is 5.60. The van der Waals surface area contributed by atoms with E-state index < -0.39 is 0 Å². The zero-order valence-electron chi connectivity index (χ0n) is 12.8. The fraction of sp³-hybridized carbons (Fsp3) is 0.353. The van der Waals surface area contributed by atoms with E-state index in [0.717, 1.165) is 36.6 Å². The monoisotopic (exact) mass is 329 g/mol. The second kappa shape index (κ2) is 5.65. The van der Waals surface area contributed by atoms with Crippen molar-refractivity contribution in [2.24, 2.45) is 0 Å². The molecule has 1 aliphatic heterocycles. The molecular weight excluding hydrogens is 310 g/mol. The molecule has 0 saturated heterocycles. The van der Waals surface area contributed by atoms with Gasteiger partial charge in [0.1, 0.15) is 5.01 Å². The first-order chi connectivity index (χ1) is 10.8. The fourth-order valence-electron chi connectivity index (χ4n) is 3.11. The molecular formula is C17H19N3S2. The molecule has 0 aliphatic carbocycles. The van der Waals surface area contributed by atoms with Crippen molar-refractivity contribution >= 4 is 37.9 Å². The minimum absolute atomic E-state index is 1.08. The van der Waals surface area contributed by atoms with Crippen molar-refractivity contribution in [3.63, 3.8) is 0 Å². The number of rotatable bonds is 3. The van der Waals surface area contributed by atoms with E-state index in [4.69, 9.17) is 4.98 Å². The number of para-hydroxylation sites is 1. The summed E-state index contributed by atoms with van der Waals surface area (Å²) >= 11 is 3.71. The van der Waals surface area contributed by atoms with E-state index in [0.29, 0.717) is 0 Å². The van der Waals surface area contributed by atoms with Crippen LogP contribution >= 0.6 is 22.7 Å². The minimum Gasteiger partial charge on any atom is -0.379 e. The maximum Gasteiger partial charge on any atom is 0.127 e. The highest BCUT2D eigenvalue weighted by atomic mass is 32.1. The SMILES string of the molecule is CCN1CCc2c(sc(NC)c2-c2nc3ccccc3s2)C1. The van der Waals surface area contributed by atoms with Crippen LogP contribution in [-0.2, 0) is 13.0 Å². The Labute approximate surface area is 138 Å². The van der Waals surface area contributed by atoms with E-state index in [-0.39, 0.29) is 0 Å². The van der Waals surface area contributed by atoms with Crippen molar-refractivity contribution in [1.82, 2.24) is 9.88 Å². The van der Waals surface area contributed by atoms with Crippen LogP contribution in [-0.4, -0.2) is 30.0 Å². The van der Waals surface area contributed by atoms with Crippen LogP contribution in [0.5, 0.6) is 0 Å². The van der Waals surface area contributed by atoms with E-state index in [1.165, 1.54) is 25.7 Å². The summed E-state index contributed by atoms with van der Waals surface area (Å²) in [4.78, 5) is 8.90. The highest BCUT2D eigenvalue weighted by molar-refractivity contribution is 7.22. The fourth-order valence-corrected chi connectivity index (χ4v) is 5.46. The van der Waals surface area contributed by atoms with Gasteiger partial charge >= 0.3 is 0 Å². The van der Waals surface area contributed by atoms with Gasteiger partial charge in [-0.05, 0) is 30.7 Å². The molecule has 3 nitrogen and oxygen atoms in total. The standard InChI is InChI=1S/C17H19N3S2/c1-3-20-9-8-11-14(10-20)22-16(18-2)15(11)17-19-12-6-4-5-7-13(12)21-17/h4-7,18H,3,8-10H2,1-2H3. The van der Waals surface area contributed by atoms with E-state index in [9.17, 15) is 0 Å². The van der Waals surface area contributed by atoms with Gasteiger partial charge in [-0.1, -0.05) is 19.1 Å². The Morgan fingerprint density at radius 3 is 2.91 bits per heavy atom. The van der Waals surface area contributed by atoms with E-state index >= 15 is 0 Å². The van der Waals surface area contributed by atoms with Crippen LogP contribution in [0.1, 0.15) is 17.4 Å². The molecule has 3 heterocycles. The smallest absolute Gasteiger partial charge is 0.127 e. The lowest BCUT2D eigenvalue weighted by Gasteiger charge is -2.25. The maximum atomic E-state index is 4.88. The van der Waals surface area contributed by atoms with Crippen LogP contribution in [0.25, 0.3) is 20.8 Å². The average molecular weight is 329 g/mol. The van der Waals surface area contributed by atoms with Gasteiger partial charge in [0.25, 0.3) is 0 Å². The third-order valence-electron chi connectivity index (χ3n) is 4.32. The van der Waals surface area contributed by atoms with Crippen LogP contribution in [0, 0.1) is 0 Å². The number of hydrogen-bond acceptors (Lipinski definition) is 5. The first kappa shape index (κ1) is 14.2. The molecule has 1 aromatic carbocycles. The van der Waals surface area contributed by atoms with Crippen molar-refractivity contribution in [2.75, 3.05) is 25.5 Å². The van der Waals surface area contributed by atoms with E-state index in [1.54, 1.807) is 11.3 Å². The van der Waals surface area contributed by atoms with Gasteiger partial charge in [-0.3, -0.25) is 4.90 Å². The summed E-state index contributed by atoms with van der Waals surface area (Å²) in [5, 5.41) is 5.82. The Morgan fingerprint density at radius 1 is 1.27 bits per heavy atom. The second-order valence-corrected chi connectivity index (χ2v) is 7.70. The Morgan fingerprint density at radius 2 is 2.14 bits per heavy atom. The lowest BCUT2D eigenvalue weighted by Crippen LogP contribution is -2.29. The predicted molar refractivity (Wildman–Crippen MR) is 97.1 cm³/mol. The molecule has 5 heteroatoms. The van der Waals surface area contributed by atoms with Crippen molar-refractivity contribution in [3.8, 4) is 10.6 Å². The number of anilines is 1. The summed E-state index contributed by atoms with van der Waals surface area (Å²) < 4.78 is 1.27. The van der Waals surface area contributed by atoms with Gasteiger partial charge in [0.05, 0.1) is 15.2 Å². The number of nitrogens with zero attached hydrogens (tertiary/aromatic N) is 2. The number of hydrogen-bond donors (Lipinski definition) is 1. The Bertz CT molecular complexity index is 786. The molecule has 0 spiro atoms. The van der Waals surface area contributed by atoms with Gasteiger partial charge < -0.3 is 5.32 Å². The molecule has 1 aliphatic rings.